The van der Waals surface area contributed by atoms with Crippen molar-refractivity contribution in [3.05, 3.63) is 70.6 Å². The first-order valence-electron chi connectivity index (χ1n) is 11.0. The SMILES string of the molecule is Cc1ccc(C2(C)NC(=O)N(CC(=O)Nc3nc(-c4ccc(C(C)(C)C)cc4)cs3)C2=O)cc1. The number of carbonyl (C=O) groups excluding carboxylic acids is 3. The molecule has 2 heterocycles. The second-order valence-electron chi connectivity index (χ2n) is 9.73. The van der Waals surface area contributed by atoms with Crippen LogP contribution >= 0.6 is 11.3 Å². The molecule has 176 valence electrons. The van der Waals surface area contributed by atoms with Crippen molar-refractivity contribution in [3.63, 3.8) is 0 Å². The highest BCUT2D eigenvalue weighted by Crippen LogP contribution is 2.30. The third-order valence-electron chi connectivity index (χ3n) is 6.00. The minimum absolute atomic E-state index is 0.0641. The van der Waals surface area contributed by atoms with Gasteiger partial charge in [-0.3, -0.25) is 14.5 Å². The number of hydrogen-bond donors (Lipinski definition) is 2. The molecule has 0 spiro atoms. The molecule has 3 aromatic rings. The number of imide groups is 1. The number of amides is 4. The molecule has 2 aromatic carbocycles. The van der Waals surface area contributed by atoms with E-state index in [1.54, 1.807) is 6.92 Å². The predicted octanol–water partition coefficient (Wildman–Crippen LogP) is 4.82. The lowest BCUT2D eigenvalue weighted by Gasteiger charge is -2.22. The molecule has 0 aliphatic carbocycles. The highest BCUT2D eigenvalue weighted by Gasteiger charge is 2.49. The Balaban J connectivity index is 1.42. The van der Waals surface area contributed by atoms with Crippen molar-refractivity contribution >= 4 is 34.3 Å². The number of hydrogen-bond acceptors (Lipinski definition) is 5. The zero-order valence-corrected chi connectivity index (χ0v) is 20.7. The Morgan fingerprint density at radius 3 is 2.35 bits per heavy atom. The van der Waals surface area contributed by atoms with Gasteiger partial charge in [-0.25, -0.2) is 9.78 Å². The molecule has 4 amide bonds. The largest absolute Gasteiger partial charge is 0.325 e. The number of thiazole rings is 1. The number of rotatable bonds is 5. The van der Waals surface area contributed by atoms with Gasteiger partial charge in [-0.05, 0) is 30.4 Å². The molecule has 8 heteroatoms. The summed E-state index contributed by atoms with van der Waals surface area (Å²) in [6.45, 7) is 9.69. The third kappa shape index (κ3) is 4.59. The number of carbonyl (C=O) groups is 3. The van der Waals surface area contributed by atoms with E-state index in [2.05, 4.69) is 48.5 Å². The fourth-order valence-electron chi connectivity index (χ4n) is 3.83. The maximum Gasteiger partial charge on any atom is 0.325 e. The predicted molar refractivity (Wildman–Crippen MR) is 134 cm³/mol. The fraction of sp³-hybridized carbons (Fsp3) is 0.308. The zero-order valence-electron chi connectivity index (χ0n) is 19.9. The van der Waals surface area contributed by atoms with Gasteiger partial charge in [0.05, 0.1) is 5.69 Å². The summed E-state index contributed by atoms with van der Waals surface area (Å²) in [5.41, 5.74) is 3.50. The Bertz CT molecular complexity index is 1240. The van der Waals surface area contributed by atoms with Crippen LogP contribution in [0.3, 0.4) is 0 Å². The van der Waals surface area contributed by atoms with Crippen LogP contribution < -0.4 is 10.6 Å². The molecular weight excluding hydrogens is 448 g/mol. The summed E-state index contributed by atoms with van der Waals surface area (Å²) < 4.78 is 0. The number of benzene rings is 2. The highest BCUT2D eigenvalue weighted by atomic mass is 32.1. The van der Waals surface area contributed by atoms with E-state index in [0.717, 1.165) is 21.7 Å². The Morgan fingerprint density at radius 1 is 1.09 bits per heavy atom. The maximum absolute atomic E-state index is 13.0. The standard InChI is InChI=1S/C26H28N4O3S/c1-16-6-10-19(11-7-16)26(5)22(32)30(24(33)29-26)14-21(31)28-23-27-20(15-34-23)17-8-12-18(13-9-17)25(2,3)4/h6-13,15H,14H2,1-5H3,(H,29,33)(H,27,28,31). The van der Waals surface area contributed by atoms with Crippen molar-refractivity contribution in [2.24, 2.45) is 0 Å². The molecule has 0 radical (unpaired) electrons. The molecule has 34 heavy (non-hydrogen) atoms. The first kappa shape index (κ1) is 23.6. The molecule has 1 unspecified atom stereocenters. The van der Waals surface area contributed by atoms with E-state index in [0.29, 0.717) is 10.7 Å². The van der Waals surface area contributed by atoms with E-state index in [1.807, 2.05) is 48.7 Å². The third-order valence-corrected chi connectivity index (χ3v) is 6.76. The lowest BCUT2D eigenvalue weighted by atomic mass is 9.86. The summed E-state index contributed by atoms with van der Waals surface area (Å²) in [6.07, 6.45) is 0. The highest BCUT2D eigenvalue weighted by molar-refractivity contribution is 7.14. The van der Waals surface area contributed by atoms with E-state index < -0.39 is 23.4 Å². The zero-order chi connectivity index (χ0) is 24.7. The van der Waals surface area contributed by atoms with E-state index in [4.69, 9.17) is 0 Å². The van der Waals surface area contributed by atoms with Crippen LogP contribution in [0.15, 0.2) is 53.9 Å². The van der Waals surface area contributed by atoms with Gasteiger partial charge in [-0.1, -0.05) is 74.9 Å². The van der Waals surface area contributed by atoms with Crippen molar-refractivity contribution < 1.29 is 14.4 Å². The summed E-state index contributed by atoms with van der Waals surface area (Å²) in [7, 11) is 0. The second-order valence-corrected chi connectivity index (χ2v) is 10.6. The molecule has 1 aliphatic heterocycles. The molecule has 0 saturated carbocycles. The first-order valence-corrected chi connectivity index (χ1v) is 11.9. The van der Waals surface area contributed by atoms with Gasteiger partial charge in [0.15, 0.2) is 5.13 Å². The maximum atomic E-state index is 13.0. The van der Waals surface area contributed by atoms with Crippen LogP contribution in [0.4, 0.5) is 9.93 Å². The summed E-state index contributed by atoms with van der Waals surface area (Å²) in [6, 6.07) is 15.0. The van der Waals surface area contributed by atoms with Gasteiger partial charge in [0.1, 0.15) is 12.1 Å². The minimum Gasteiger partial charge on any atom is -0.319 e. The molecule has 1 fully saturated rings. The molecule has 1 aliphatic rings. The lowest BCUT2D eigenvalue weighted by molar-refractivity contribution is -0.133. The molecule has 1 aromatic heterocycles. The number of nitrogens with one attached hydrogen (secondary N) is 2. The van der Waals surface area contributed by atoms with Crippen molar-refractivity contribution in [2.75, 3.05) is 11.9 Å². The van der Waals surface area contributed by atoms with Gasteiger partial charge < -0.3 is 10.6 Å². The Labute approximate surface area is 203 Å². The van der Waals surface area contributed by atoms with E-state index in [1.165, 1.54) is 16.9 Å². The normalized spacial score (nSPS) is 18.2. The number of nitrogens with zero attached hydrogens (tertiary/aromatic N) is 2. The van der Waals surface area contributed by atoms with Crippen LogP contribution in [-0.2, 0) is 20.5 Å². The van der Waals surface area contributed by atoms with Gasteiger partial charge >= 0.3 is 6.03 Å². The molecule has 1 saturated heterocycles. The van der Waals surface area contributed by atoms with Crippen LogP contribution in [0, 0.1) is 6.92 Å². The molecular formula is C26H28N4O3S. The molecule has 1 atom stereocenters. The van der Waals surface area contributed by atoms with Crippen LogP contribution in [0.5, 0.6) is 0 Å². The monoisotopic (exact) mass is 476 g/mol. The summed E-state index contributed by atoms with van der Waals surface area (Å²) >= 11 is 1.29. The van der Waals surface area contributed by atoms with Gasteiger partial charge in [-0.15, -0.1) is 11.3 Å². The van der Waals surface area contributed by atoms with Gasteiger partial charge in [0.2, 0.25) is 5.91 Å². The van der Waals surface area contributed by atoms with Crippen molar-refractivity contribution in [3.8, 4) is 11.3 Å². The average molecular weight is 477 g/mol. The number of anilines is 1. The molecule has 2 N–H and O–H groups in total. The average Bonchev–Trinajstić information content (AvgIpc) is 3.32. The quantitative estimate of drug-likeness (QED) is 0.517. The van der Waals surface area contributed by atoms with Crippen LogP contribution in [-0.4, -0.2) is 34.3 Å². The summed E-state index contributed by atoms with van der Waals surface area (Å²) in [4.78, 5) is 43.6. The second kappa shape index (κ2) is 8.68. The van der Waals surface area contributed by atoms with E-state index in [9.17, 15) is 14.4 Å². The number of aromatic nitrogens is 1. The van der Waals surface area contributed by atoms with E-state index in [-0.39, 0.29) is 12.0 Å². The molecule has 7 nitrogen and oxygen atoms in total. The van der Waals surface area contributed by atoms with Crippen LogP contribution in [0.25, 0.3) is 11.3 Å². The van der Waals surface area contributed by atoms with Gasteiger partial charge in [0.25, 0.3) is 5.91 Å². The molecule has 0 bridgehead atoms. The smallest absolute Gasteiger partial charge is 0.319 e. The first-order chi connectivity index (χ1) is 16.0. The van der Waals surface area contributed by atoms with Crippen molar-refractivity contribution in [2.45, 2.75) is 45.6 Å². The van der Waals surface area contributed by atoms with Crippen molar-refractivity contribution in [1.82, 2.24) is 15.2 Å². The Morgan fingerprint density at radius 2 is 1.74 bits per heavy atom. The molecule has 4 rings (SSSR count). The summed E-state index contributed by atoms with van der Waals surface area (Å²) in [5, 5.41) is 7.70. The van der Waals surface area contributed by atoms with Gasteiger partial charge in [-0.2, -0.15) is 0 Å². The van der Waals surface area contributed by atoms with Gasteiger partial charge in [0, 0.05) is 10.9 Å². The Hall–Kier alpha value is -3.52. The van der Waals surface area contributed by atoms with Crippen LogP contribution in [0.2, 0.25) is 0 Å². The topological polar surface area (TPSA) is 91.4 Å². The van der Waals surface area contributed by atoms with Crippen LogP contribution in [0.1, 0.15) is 44.4 Å². The van der Waals surface area contributed by atoms with E-state index >= 15 is 0 Å². The minimum atomic E-state index is -1.21. The number of urea groups is 1. The van der Waals surface area contributed by atoms with Crippen molar-refractivity contribution in [1.29, 1.82) is 0 Å². The lowest BCUT2D eigenvalue weighted by Crippen LogP contribution is -2.42. The summed E-state index contributed by atoms with van der Waals surface area (Å²) in [5.74, 6) is -0.948. The fourth-order valence-corrected chi connectivity index (χ4v) is 4.57. The Kier molecular flexibility index (Phi) is 6.03. The number of aryl methyl sites for hydroxylation is 1.